The van der Waals surface area contributed by atoms with Crippen LogP contribution in [0.25, 0.3) is 0 Å². The highest BCUT2D eigenvalue weighted by Crippen LogP contribution is 2.24. The lowest BCUT2D eigenvalue weighted by Crippen LogP contribution is -2.48. The van der Waals surface area contributed by atoms with E-state index < -0.39 is 4.92 Å². The summed E-state index contributed by atoms with van der Waals surface area (Å²) in [7, 11) is 0. The number of carbonyl (C=O) groups excluding carboxylic acids is 1. The summed E-state index contributed by atoms with van der Waals surface area (Å²) < 4.78 is 5.14. The largest absolute Gasteiger partial charge is 0.459 e. The maximum Gasteiger partial charge on any atom is 0.289 e. The van der Waals surface area contributed by atoms with Gasteiger partial charge in [0.2, 0.25) is 0 Å². The van der Waals surface area contributed by atoms with Gasteiger partial charge >= 0.3 is 0 Å². The first-order chi connectivity index (χ1) is 11.5. The molecule has 1 saturated heterocycles. The molecule has 1 fully saturated rings. The number of halogens is 1. The molecule has 24 heavy (non-hydrogen) atoms. The number of rotatable bonds is 4. The van der Waals surface area contributed by atoms with Gasteiger partial charge in [-0.2, -0.15) is 0 Å². The molecule has 2 heterocycles. The van der Waals surface area contributed by atoms with Crippen molar-refractivity contribution >= 4 is 23.2 Å². The first kappa shape index (κ1) is 16.5. The molecule has 7 nitrogen and oxygen atoms in total. The monoisotopic (exact) mass is 349 g/mol. The van der Waals surface area contributed by atoms with Gasteiger partial charge in [0.05, 0.1) is 16.2 Å². The smallest absolute Gasteiger partial charge is 0.289 e. The van der Waals surface area contributed by atoms with Gasteiger partial charge in [-0.1, -0.05) is 11.6 Å². The summed E-state index contributed by atoms with van der Waals surface area (Å²) in [6.07, 6.45) is 1.49. The summed E-state index contributed by atoms with van der Waals surface area (Å²) in [6.45, 7) is 3.22. The van der Waals surface area contributed by atoms with Crippen LogP contribution < -0.4 is 0 Å². The van der Waals surface area contributed by atoms with Crippen molar-refractivity contribution in [1.82, 2.24) is 9.80 Å². The fourth-order valence-electron chi connectivity index (χ4n) is 2.68. The number of amides is 1. The van der Waals surface area contributed by atoms with Gasteiger partial charge in [0, 0.05) is 44.9 Å². The van der Waals surface area contributed by atoms with Gasteiger partial charge < -0.3 is 9.32 Å². The standard InChI is InChI=1S/C16H16ClN3O4/c17-14-10-13(20(22)23)4-3-12(14)11-18-5-7-19(8-6-18)16(21)15-2-1-9-24-15/h1-4,9-10H,5-8,11H2. The van der Waals surface area contributed by atoms with Gasteiger partial charge in [-0.3, -0.25) is 19.8 Å². The Labute approximate surface area is 143 Å². The van der Waals surface area contributed by atoms with E-state index in [0.717, 1.165) is 5.56 Å². The number of carbonyl (C=O) groups is 1. The van der Waals surface area contributed by atoms with Crippen LogP contribution in [0.5, 0.6) is 0 Å². The molecule has 1 aliphatic heterocycles. The number of hydrogen-bond acceptors (Lipinski definition) is 5. The molecule has 1 aromatic heterocycles. The van der Waals surface area contributed by atoms with Crippen LogP contribution in [-0.4, -0.2) is 46.8 Å². The van der Waals surface area contributed by atoms with Crippen LogP contribution in [0.1, 0.15) is 16.1 Å². The maximum absolute atomic E-state index is 12.2. The Morgan fingerprint density at radius 2 is 2.00 bits per heavy atom. The quantitative estimate of drug-likeness (QED) is 0.626. The molecule has 0 saturated carbocycles. The molecule has 3 rings (SSSR count). The van der Waals surface area contributed by atoms with E-state index in [0.29, 0.717) is 43.5 Å². The Morgan fingerprint density at radius 1 is 1.25 bits per heavy atom. The van der Waals surface area contributed by atoms with Crippen LogP contribution in [0.15, 0.2) is 41.0 Å². The zero-order valence-electron chi connectivity index (χ0n) is 12.9. The Bertz CT molecular complexity index is 740. The highest BCUT2D eigenvalue weighted by Gasteiger charge is 2.24. The molecule has 0 unspecified atom stereocenters. The van der Waals surface area contributed by atoms with Crippen molar-refractivity contribution < 1.29 is 14.1 Å². The van der Waals surface area contributed by atoms with Gasteiger partial charge in [-0.15, -0.1) is 0 Å². The second-order valence-electron chi connectivity index (χ2n) is 5.58. The van der Waals surface area contributed by atoms with E-state index in [4.69, 9.17) is 16.0 Å². The van der Waals surface area contributed by atoms with Crippen molar-refractivity contribution in [3.05, 3.63) is 63.1 Å². The molecular weight excluding hydrogens is 334 g/mol. The molecule has 2 aromatic rings. The zero-order valence-corrected chi connectivity index (χ0v) is 13.6. The average molecular weight is 350 g/mol. The lowest BCUT2D eigenvalue weighted by Gasteiger charge is -2.34. The number of nitro benzene ring substituents is 1. The number of nitrogens with zero attached hydrogens (tertiary/aromatic N) is 3. The number of nitro groups is 1. The summed E-state index contributed by atoms with van der Waals surface area (Å²) in [5, 5.41) is 11.1. The summed E-state index contributed by atoms with van der Waals surface area (Å²) in [5.41, 5.74) is 0.825. The van der Waals surface area contributed by atoms with Crippen molar-refractivity contribution in [3.8, 4) is 0 Å². The molecular formula is C16H16ClN3O4. The third-order valence-electron chi connectivity index (χ3n) is 4.03. The first-order valence-corrected chi connectivity index (χ1v) is 7.90. The minimum Gasteiger partial charge on any atom is -0.459 e. The fourth-order valence-corrected chi connectivity index (χ4v) is 2.92. The third kappa shape index (κ3) is 3.58. The van der Waals surface area contributed by atoms with E-state index in [1.54, 1.807) is 23.1 Å². The van der Waals surface area contributed by atoms with Crippen molar-refractivity contribution in [3.63, 3.8) is 0 Å². The molecule has 1 aromatic carbocycles. The second-order valence-corrected chi connectivity index (χ2v) is 5.99. The van der Waals surface area contributed by atoms with E-state index in [-0.39, 0.29) is 11.6 Å². The molecule has 8 heteroatoms. The van der Waals surface area contributed by atoms with Crippen molar-refractivity contribution in [2.24, 2.45) is 0 Å². The van der Waals surface area contributed by atoms with Crippen LogP contribution in [0.3, 0.4) is 0 Å². The van der Waals surface area contributed by atoms with E-state index in [9.17, 15) is 14.9 Å². The third-order valence-corrected chi connectivity index (χ3v) is 4.38. The molecule has 1 aliphatic rings. The molecule has 0 aliphatic carbocycles. The lowest BCUT2D eigenvalue weighted by atomic mass is 10.1. The summed E-state index contributed by atoms with van der Waals surface area (Å²) in [5.74, 6) is 0.245. The SMILES string of the molecule is O=C(c1ccco1)N1CCN(Cc2ccc([N+](=O)[O-])cc2Cl)CC1. The van der Waals surface area contributed by atoms with Gasteiger partial charge in [-0.25, -0.2) is 0 Å². The van der Waals surface area contributed by atoms with E-state index in [1.165, 1.54) is 18.4 Å². The lowest BCUT2D eigenvalue weighted by molar-refractivity contribution is -0.384. The summed E-state index contributed by atoms with van der Waals surface area (Å²) >= 11 is 6.13. The first-order valence-electron chi connectivity index (χ1n) is 7.52. The molecule has 0 N–H and O–H groups in total. The van der Waals surface area contributed by atoms with Crippen LogP contribution >= 0.6 is 11.6 Å². The predicted molar refractivity (Wildman–Crippen MR) is 88.0 cm³/mol. The number of benzene rings is 1. The fraction of sp³-hybridized carbons (Fsp3) is 0.312. The van der Waals surface area contributed by atoms with E-state index >= 15 is 0 Å². The molecule has 0 atom stereocenters. The number of furan rings is 1. The molecule has 0 bridgehead atoms. The van der Waals surface area contributed by atoms with Crippen LogP contribution in [0.2, 0.25) is 5.02 Å². The van der Waals surface area contributed by atoms with Crippen LogP contribution in [0.4, 0.5) is 5.69 Å². The highest BCUT2D eigenvalue weighted by atomic mass is 35.5. The minimum absolute atomic E-state index is 0.0161. The molecule has 1 amide bonds. The Morgan fingerprint density at radius 3 is 2.58 bits per heavy atom. The average Bonchev–Trinajstić information content (AvgIpc) is 3.11. The van der Waals surface area contributed by atoms with Crippen molar-refractivity contribution in [1.29, 1.82) is 0 Å². The maximum atomic E-state index is 12.2. The molecule has 0 radical (unpaired) electrons. The van der Waals surface area contributed by atoms with E-state index in [1.807, 2.05) is 0 Å². The Hall–Kier alpha value is -2.38. The topological polar surface area (TPSA) is 79.8 Å². The number of hydrogen-bond donors (Lipinski definition) is 0. The normalized spacial score (nSPS) is 15.5. The second kappa shape index (κ2) is 7.02. The van der Waals surface area contributed by atoms with Crippen molar-refractivity contribution in [2.75, 3.05) is 26.2 Å². The zero-order chi connectivity index (χ0) is 17.1. The van der Waals surface area contributed by atoms with Crippen LogP contribution in [0, 0.1) is 10.1 Å². The summed E-state index contributed by atoms with van der Waals surface area (Å²) in [6, 6.07) is 7.86. The highest BCUT2D eigenvalue weighted by molar-refractivity contribution is 6.31. The van der Waals surface area contributed by atoms with Gasteiger partial charge in [0.25, 0.3) is 11.6 Å². The minimum atomic E-state index is -0.464. The van der Waals surface area contributed by atoms with E-state index in [2.05, 4.69) is 4.90 Å². The Kier molecular flexibility index (Phi) is 4.82. The van der Waals surface area contributed by atoms with Gasteiger partial charge in [0.15, 0.2) is 5.76 Å². The molecule has 0 spiro atoms. The molecule has 126 valence electrons. The van der Waals surface area contributed by atoms with Gasteiger partial charge in [0.1, 0.15) is 0 Å². The van der Waals surface area contributed by atoms with Gasteiger partial charge in [-0.05, 0) is 23.8 Å². The predicted octanol–water partition coefficient (Wildman–Crippen LogP) is 2.80. The van der Waals surface area contributed by atoms with Crippen LogP contribution in [-0.2, 0) is 6.54 Å². The van der Waals surface area contributed by atoms with Crippen molar-refractivity contribution in [2.45, 2.75) is 6.54 Å². The number of non-ortho nitro benzene ring substituents is 1. The Balaban J connectivity index is 1.58. The summed E-state index contributed by atoms with van der Waals surface area (Å²) in [4.78, 5) is 26.4. The number of piperazine rings is 1.